The number of nitrogens with zero attached hydrogens (tertiary/aromatic N) is 1. The number of phenols is 1. The number of methoxy groups -OCH3 is 1. The first-order chi connectivity index (χ1) is 7.23. The van der Waals surface area contributed by atoms with Crippen LogP contribution in [0.5, 0.6) is 11.5 Å². The molecule has 0 saturated heterocycles. The Morgan fingerprint density at radius 1 is 1.53 bits per heavy atom. The number of hydrogen-bond donors (Lipinski definition) is 1. The average molecular weight is 205 g/mol. The summed E-state index contributed by atoms with van der Waals surface area (Å²) in [6, 6.07) is 5.07. The van der Waals surface area contributed by atoms with Crippen molar-refractivity contribution < 1.29 is 14.6 Å². The normalized spacial score (nSPS) is 16.6. The fraction of sp³-hybridized carbons (Fsp3) is 0.364. The van der Waals surface area contributed by atoms with Crippen LogP contribution in [0.25, 0.3) is 0 Å². The number of rotatable bonds is 3. The summed E-state index contributed by atoms with van der Waals surface area (Å²) in [7, 11) is 1.49. The number of phenolic OH excluding ortho intramolecular Hbond substituents is 1. The highest BCUT2D eigenvalue weighted by atomic mass is 16.5. The van der Waals surface area contributed by atoms with Crippen molar-refractivity contribution in [3.63, 3.8) is 0 Å². The first kappa shape index (κ1) is 9.74. The Morgan fingerprint density at radius 2 is 2.27 bits per heavy atom. The van der Waals surface area contributed by atoms with E-state index >= 15 is 0 Å². The summed E-state index contributed by atoms with van der Waals surface area (Å²) in [5.74, 6) is 0.469. The van der Waals surface area contributed by atoms with Gasteiger partial charge in [0.15, 0.2) is 11.5 Å². The van der Waals surface area contributed by atoms with Crippen LogP contribution >= 0.6 is 0 Å². The molecule has 0 aromatic heterocycles. The maximum Gasteiger partial charge on any atom is 0.235 e. The molecule has 1 saturated carbocycles. The van der Waals surface area contributed by atoms with Gasteiger partial charge in [-0.3, -0.25) is 0 Å². The second kappa shape index (κ2) is 3.41. The van der Waals surface area contributed by atoms with Crippen LogP contribution in [-0.2, 0) is 10.3 Å². The van der Waals surface area contributed by atoms with E-state index in [0.29, 0.717) is 5.75 Å². The summed E-state index contributed by atoms with van der Waals surface area (Å²) in [6.07, 6.45) is 3.16. The molecule has 0 aliphatic heterocycles. The maximum atomic E-state index is 10.3. The van der Waals surface area contributed by atoms with Gasteiger partial charge in [0, 0.05) is 5.56 Å². The minimum atomic E-state index is -0.508. The molecule has 78 valence electrons. The number of ether oxygens (including phenoxy) is 1. The van der Waals surface area contributed by atoms with Crippen molar-refractivity contribution >= 4 is 6.08 Å². The van der Waals surface area contributed by atoms with Crippen LogP contribution in [0.4, 0.5) is 0 Å². The summed E-state index contributed by atoms with van der Waals surface area (Å²) in [4.78, 5) is 14.1. The van der Waals surface area contributed by atoms with E-state index in [-0.39, 0.29) is 5.75 Å². The smallest absolute Gasteiger partial charge is 0.235 e. The van der Waals surface area contributed by atoms with Crippen LogP contribution in [-0.4, -0.2) is 18.3 Å². The number of hydrogen-bond acceptors (Lipinski definition) is 4. The van der Waals surface area contributed by atoms with Crippen LogP contribution < -0.4 is 4.74 Å². The fourth-order valence-electron chi connectivity index (χ4n) is 1.75. The lowest BCUT2D eigenvalue weighted by atomic mass is 10.0. The quantitative estimate of drug-likeness (QED) is 0.603. The molecule has 1 N–H and O–H groups in total. The molecule has 0 amide bonds. The lowest BCUT2D eigenvalue weighted by molar-refractivity contribution is 0.365. The topological polar surface area (TPSA) is 58.9 Å². The number of aromatic hydroxyl groups is 1. The zero-order valence-corrected chi connectivity index (χ0v) is 8.36. The van der Waals surface area contributed by atoms with Crippen molar-refractivity contribution in [2.45, 2.75) is 18.4 Å². The molecule has 0 unspecified atom stereocenters. The van der Waals surface area contributed by atoms with Crippen LogP contribution in [0.2, 0.25) is 0 Å². The van der Waals surface area contributed by atoms with Crippen LogP contribution in [0.3, 0.4) is 0 Å². The van der Waals surface area contributed by atoms with Gasteiger partial charge in [0.25, 0.3) is 0 Å². The lowest BCUT2D eigenvalue weighted by Gasteiger charge is -2.14. The van der Waals surface area contributed by atoms with Gasteiger partial charge < -0.3 is 9.84 Å². The van der Waals surface area contributed by atoms with E-state index in [1.54, 1.807) is 18.2 Å². The van der Waals surface area contributed by atoms with Gasteiger partial charge in [-0.2, -0.15) is 4.99 Å². The van der Waals surface area contributed by atoms with Crippen molar-refractivity contribution in [2.24, 2.45) is 4.99 Å². The van der Waals surface area contributed by atoms with Crippen molar-refractivity contribution in [2.75, 3.05) is 7.11 Å². The van der Waals surface area contributed by atoms with Crippen LogP contribution in [0.1, 0.15) is 18.4 Å². The molecule has 1 aromatic carbocycles. The minimum absolute atomic E-state index is 0.0716. The van der Waals surface area contributed by atoms with Gasteiger partial charge in [0.05, 0.1) is 7.11 Å². The summed E-state index contributed by atoms with van der Waals surface area (Å²) >= 11 is 0. The molecule has 1 fully saturated rings. The molecule has 15 heavy (non-hydrogen) atoms. The number of isocyanates is 1. The van der Waals surface area contributed by atoms with Gasteiger partial charge in [-0.1, -0.05) is 12.1 Å². The molecular formula is C11H11NO3. The molecule has 1 aliphatic rings. The Bertz CT molecular complexity index is 431. The third-order valence-corrected chi connectivity index (χ3v) is 2.68. The molecule has 0 atom stereocenters. The van der Waals surface area contributed by atoms with Crippen LogP contribution in [0.15, 0.2) is 23.2 Å². The first-order valence-corrected chi connectivity index (χ1v) is 4.69. The second-order valence-corrected chi connectivity index (χ2v) is 3.59. The number of para-hydroxylation sites is 1. The molecule has 4 nitrogen and oxygen atoms in total. The summed E-state index contributed by atoms with van der Waals surface area (Å²) in [5.41, 5.74) is 0.250. The number of carbonyl (C=O) groups excluding carboxylic acids is 1. The van der Waals surface area contributed by atoms with E-state index in [0.717, 1.165) is 18.4 Å². The monoisotopic (exact) mass is 205 g/mol. The number of aliphatic imine (C=N–C) groups is 1. The predicted molar refractivity (Wildman–Crippen MR) is 53.7 cm³/mol. The molecule has 4 heteroatoms. The van der Waals surface area contributed by atoms with E-state index < -0.39 is 5.54 Å². The Hall–Kier alpha value is -1.80. The van der Waals surface area contributed by atoms with Gasteiger partial charge >= 0.3 is 0 Å². The Labute approximate surface area is 87.2 Å². The molecular weight excluding hydrogens is 194 g/mol. The van der Waals surface area contributed by atoms with Gasteiger partial charge in [-0.15, -0.1) is 0 Å². The molecule has 0 heterocycles. The highest BCUT2D eigenvalue weighted by molar-refractivity contribution is 5.53. The van der Waals surface area contributed by atoms with E-state index in [2.05, 4.69) is 4.99 Å². The third kappa shape index (κ3) is 1.49. The second-order valence-electron chi connectivity index (χ2n) is 3.59. The SMILES string of the molecule is COc1c(O)cccc1C1(N=C=O)CC1. The lowest BCUT2D eigenvalue weighted by Crippen LogP contribution is -2.04. The van der Waals surface area contributed by atoms with E-state index in [9.17, 15) is 9.90 Å². The molecule has 1 aliphatic carbocycles. The van der Waals surface area contributed by atoms with Gasteiger partial charge in [0.1, 0.15) is 5.54 Å². The van der Waals surface area contributed by atoms with E-state index in [4.69, 9.17) is 4.74 Å². The van der Waals surface area contributed by atoms with E-state index in [1.807, 2.05) is 6.07 Å². The molecule has 2 rings (SSSR count). The first-order valence-electron chi connectivity index (χ1n) is 4.69. The maximum absolute atomic E-state index is 10.3. The largest absolute Gasteiger partial charge is 0.504 e. The van der Waals surface area contributed by atoms with Gasteiger partial charge in [-0.25, -0.2) is 4.79 Å². The van der Waals surface area contributed by atoms with Crippen molar-refractivity contribution in [1.29, 1.82) is 0 Å². The zero-order chi connectivity index (χ0) is 10.9. The van der Waals surface area contributed by atoms with Crippen LogP contribution in [0, 0.1) is 0 Å². The molecule has 0 spiro atoms. The summed E-state index contributed by atoms with van der Waals surface area (Å²) in [5, 5.41) is 9.59. The predicted octanol–water partition coefficient (Wildman–Crippen LogP) is 1.73. The van der Waals surface area contributed by atoms with Crippen molar-refractivity contribution in [3.8, 4) is 11.5 Å². The average Bonchev–Trinajstić information content (AvgIpc) is 2.99. The van der Waals surface area contributed by atoms with Gasteiger partial charge in [-0.05, 0) is 18.9 Å². The highest BCUT2D eigenvalue weighted by Gasteiger charge is 2.47. The third-order valence-electron chi connectivity index (χ3n) is 2.68. The Kier molecular flexibility index (Phi) is 2.21. The molecule has 0 radical (unpaired) electrons. The molecule has 1 aromatic rings. The fourth-order valence-corrected chi connectivity index (χ4v) is 1.75. The zero-order valence-electron chi connectivity index (χ0n) is 8.36. The van der Waals surface area contributed by atoms with E-state index in [1.165, 1.54) is 7.11 Å². The Morgan fingerprint density at radius 3 is 2.80 bits per heavy atom. The summed E-state index contributed by atoms with van der Waals surface area (Å²) < 4.78 is 5.11. The van der Waals surface area contributed by atoms with Crippen molar-refractivity contribution in [3.05, 3.63) is 23.8 Å². The standard InChI is InChI=1S/C11H11NO3/c1-15-10-8(3-2-4-9(10)14)11(5-6-11)12-7-13/h2-4,14H,5-6H2,1H3. The van der Waals surface area contributed by atoms with Crippen molar-refractivity contribution in [1.82, 2.24) is 0 Å². The molecule has 0 bridgehead atoms. The minimum Gasteiger partial charge on any atom is -0.504 e. The van der Waals surface area contributed by atoms with Gasteiger partial charge in [0.2, 0.25) is 6.08 Å². The highest BCUT2D eigenvalue weighted by Crippen LogP contribution is 2.53. The Balaban J connectivity index is 2.53. The summed E-state index contributed by atoms with van der Waals surface area (Å²) in [6.45, 7) is 0. The number of benzene rings is 1.